The number of hydrogen-bond acceptors (Lipinski definition) is 11. The van der Waals surface area contributed by atoms with E-state index in [0.29, 0.717) is 0 Å². The molecule has 184 valence electrons. The van der Waals surface area contributed by atoms with Crippen LogP contribution in [0.25, 0.3) is 0 Å². The monoisotopic (exact) mass is 462 g/mol. The molecule has 0 aromatic rings. The molecule has 11 heteroatoms. The summed E-state index contributed by atoms with van der Waals surface area (Å²) in [7, 11) is 0. The van der Waals surface area contributed by atoms with Crippen molar-refractivity contribution in [2.75, 3.05) is 33.0 Å². The highest BCUT2D eigenvalue weighted by atomic mass is 16.7. The largest absolute Gasteiger partial charge is 0.394 e. The van der Waals surface area contributed by atoms with Gasteiger partial charge >= 0.3 is 0 Å². The van der Waals surface area contributed by atoms with E-state index in [2.05, 4.69) is 19.7 Å². The van der Waals surface area contributed by atoms with Crippen molar-refractivity contribution >= 4 is 0 Å². The molecule has 2 saturated heterocycles. The Morgan fingerprint density at radius 1 is 0.625 bits per heavy atom. The second-order valence-corrected chi connectivity index (χ2v) is 7.32. The van der Waals surface area contributed by atoms with Crippen LogP contribution in [-0.4, -0.2) is 120 Å². The first-order valence-electron chi connectivity index (χ1n) is 10.3. The molecule has 2 fully saturated rings. The maximum atomic E-state index is 10.4. The molecule has 2 aliphatic heterocycles. The summed E-state index contributed by atoms with van der Waals surface area (Å²) < 4.78 is 34.5. The minimum atomic E-state index is -1.64. The van der Waals surface area contributed by atoms with Gasteiger partial charge in [-0.2, -0.15) is 0 Å². The highest BCUT2D eigenvalue weighted by Crippen LogP contribution is 2.32. The molecule has 1 unspecified atom stereocenters. The molecule has 0 radical (unpaired) electrons. The van der Waals surface area contributed by atoms with Crippen LogP contribution in [0, 0.1) is 0 Å². The SMILES string of the molecule is C=CCOC1O[C@H](CO)[C@@H](O[C@@H]2O[C@H](CO)[C@H](O)[C@H](O)[C@H]2O)[C@H](OCC=C)[C@H]1OCC=C. The lowest BCUT2D eigenvalue weighted by Crippen LogP contribution is -2.65. The molecule has 0 aliphatic carbocycles. The van der Waals surface area contributed by atoms with E-state index in [9.17, 15) is 25.5 Å². The number of rotatable bonds is 13. The Kier molecular flexibility index (Phi) is 11.4. The van der Waals surface area contributed by atoms with E-state index >= 15 is 0 Å². The van der Waals surface area contributed by atoms with Gasteiger partial charge < -0.3 is 54.0 Å². The Hall–Kier alpha value is -1.22. The summed E-state index contributed by atoms with van der Waals surface area (Å²) in [5, 5.41) is 49.8. The van der Waals surface area contributed by atoms with Crippen molar-refractivity contribution in [2.24, 2.45) is 0 Å². The lowest BCUT2D eigenvalue weighted by Gasteiger charge is -2.48. The van der Waals surface area contributed by atoms with E-state index in [-0.39, 0.29) is 19.8 Å². The van der Waals surface area contributed by atoms with Crippen molar-refractivity contribution in [2.45, 2.75) is 61.4 Å². The molecule has 0 spiro atoms. The van der Waals surface area contributed by atoms with Crippen LogP contribution in [-0.2, 0) is 28.4 Å². The molecule has 0 amide bonds. The van der Waals surface area contributed by atoms with Gasteiger partial charge in [0, 0.05) is 0 Å². The Morgan fingerprint density at radius 2 is 1.16 bits per heavy atom. The maximum absolute atomic E-state index is 10.4. The van der Waals surface area contributed by atoms with Gasteiger partial charge in [-0.05, 0) is 0 Å². The fourth-order valence-corrected chi connectivity index (χ4v) is 3.55. The quantitative estimate of drug-likeness (QED) is 0.197. The molecule has 0 aromatic heterocycles. The van der Waals surface area contributed by atoms with Gasteiger partial charge in [0.1, 0.15) is 48.8 Å². The zero-order chi connectivity index (χ0) is 23.7. The van der Waals surface area contributed by atoms with Crippen molar-refractivity contribution in [3.05, 3.63) is 38.0 Å². The fourth-order valence-electron chi connectivity index (χ4n) is 3.55. The summed E-state index contributed by atoms with van der Waals surface area (Å²) >= 11 is 0. The lowest BCUT2D eigenvalue weighted by atomic mass is 9.96. The Balaban J connectivity index is 2.31. The van der Waals surface area contributed by atoms with E-state index in [4.69, 9.17) is 28.4 Å². The third-order valence-electron chi connectivity index (χ3n) is 5.10. The van der Waals surface area contributed by atoms with Gasteiger partial charge in [0.15, 0.2) is 12.6 Å². The molecule has 11 nitrogen and oxygen atoms in total. The minimum absolute atomic E-state index is 0.0967. The minimum Gasteiger partial charge on any atom is -0.394 e. The van der Waals surface area contributed by atoms with Gasteiger partial charge in [0.05, 0.1) is 33.0 Å². The smallest absolute Gasteiger partial charge is 0.187 e. The van der Waals surface area contributed by atoms with Crippen LogP contribution in [0.2, 0.25) is 0 Å². The van der Waals surface area contributed by atoms with Gasteiger partial charge in [-0.25, -0.2) is 0 Å². The third kappa shape index (κ3) is 6.43. The van der Waals surface area contributed by atoms with Crippen LogP contribution in [0.3, 0.4) is 0 Å². The number of aliphatic hydroxyl groups is 5. The molecule has 2 rings (SSSR count). The molecule has 2 aliphatic rings. The Labute approximate surface area is 187 Å². The fraction of sp³-hybridized carbons (Fsp3) is 0.714. The summed E-state index contributed by atoms with van der Waals surface area (Å²) in [4.78, 5) is 0. The van der Waals surface area contributed by atoms with Crippen molar-refractivity contribution in [1.82, 2.24) is 0 Å². The molecule has 10 atom stereocenters. The van der Waals surface area contributed by atoms with E-state index in [0.717, 1.165) is 0 Å². The van der Waals surface area contributed by atoms with Crippen LogP contribution < -0.4 is 0 Å². The molecule has 5 N–H and O–H groups in total. The number of ether oxygens (including phenoxy) is 6. The van der Waals surface area contributed by atoms with Crippen LogP contribution in [0.5, 0.6) is 0 Å². The van der Waals surface area contributed by atoms with Crippen LogP contribution in [0.15, 0.2) is 38.0 Å². The molecule has 0 aromatic carbocycles. The predicted molar refractivity (Wildman–Crippen MR) is 110 cm³/mol. The average Bonchev–Trinajstić information content (AvgIpc) is 2.80. The molecule has 0 saturated carbocycles. The van der Waals surface area contributed by atoms with Crippen LogP contribution >= 0.6 is 0 Å². The predicted octanol–water partition coefficient (Wildman–Crippen LogP) is -1.77. The van der Waals surface area contributed by atoms with Gasteiger partial charge in [-0.3, -0.25) is 0 Å². The number of aliphatic hydroxyl groups excluding tert-OH is 5. The van der Waals surface area contributed by atoms with Gasteiger partial charge in [-0.1, -0.05) is 18.2 Å². The summed E-state index contributed by atoms with van der Waals surface area (Å²) in [5.74, 6) is 0. The first kappa shape index (κ1) is 27.0. The molecular formula is C21H34O11. The van der Waals surface area contributed by atoms with Crippen molar-refractivity contribution in [1.29, 1.82) is 0 Å². The summed E-state index contributed by atoms with van der Waals surface area (Å²) in [6.45, 7) is 10.1. The Morgan fingerprint density at radius 3 is 1.72 bits per heavy atom. The van der Waals surface area contributed by atoms with Gasteiger partial charge in [0.25, 0.3) is 0 Å². The zero-order valence-corrected chi connectivity index (χ0v) is 17.8. The van der Waals surface area contributed by atoms with Crippen molar-refractivity contribution in [3.63, 3.8) is 0 Å². The van der Waals surface area contributed by atoms with E-state index in [1.807, 2.05) is 0 Å². The van der Waals surface area contributed by atoms with E-state index in [1.165, 1.54) is 18.2 Å². The number of hydrogen-bond donors (Lipinski definition) is 5. The second kappa shape index (κ2) is 13.5. The first-order chi connectivity index (χ1) is 15.4. The van der Waals surface area contributed by atoms with Gasteiger partial charge in [0.2, 0.25) is 0 Å². The lowest BCUT2D eigenvalue weighted by molar-refractivity contribution is -0.364. The maximum Gasteiger partial charge on any atom is 0.187 e. The first-order valence-corrected chi connectivity index (χ1v) is 10.3. The van der Waals surface area contributed by atoms with E-state index < -0.39 is 74.6 Å². The average molecular weight is 462 g/mol. The highest BCUT2D eigenvalue weighted by Gasteiger charge is 2.52. The van der Waals surface area contributed by atoms with Crippen LogP contribution in [0.1, 0.15) is 0 Å². The highest BCUT2D eigenvalue weighted by molar-refractivity contribution is 4.96. The summed E-state index contributed by atoms with van der Waals surface area (Å²) in [6.07, 6.45) is -7.61. The standard InChI is InChI=1S/C21H34O11/c1-4-7-27-18-17(32-20-16(26)15(25)14(24)12(10-22)30-20)13(11-23)31-21(29-9-6-3)19(18)28-8-5-2/h4-6,12-26H,1-3,7-11H2/t12-,13-,14+,15+,16-,17-,18+,19-,20+,21?/m1/s1. The normalized spacial score (nSPS) is 40.0. The summed E-state index contributed by atoms with van der Waals surface area (Å²) in [5.41, 5.74) is 0. The molecule has 0 bridgehead atoms. The van der Waals surface area contributed by atoms with Crippen molar-refractivity contribution < 1.29 is 54.0 Å². The molecule has 32 heavy (non-hydrogen) atoms. The second-order valence-electron chi connectivity index (χ2n) is 7.32. The van der Waals surface area contributed by atoms with Crippen LogP contribution in [0.4, 0.5) is 0 Å². The summed E-state index contributed by atoms with van der Waals surface area (Å²) in [6, 6.07) is 0. The molecular weight excluding hydrogens is 428 g/mol. The van der Waals surface area contributed by atoms with E-state index in [1.54, 1.807) is 0 Å². The van der Waals surface area contributed by atoms with Crippen molar-refractivity contribution in [3.8, 4) is 0 Å². The topological polar surface area (TPSA) is 157 Å². The zero-order valence-electron chi connectivity index (χ0n) is 17.8. The molecule has 2 heterocycles. The van der Waals surface area contributed by atoms with Gasteiger partial charge in [-0.15, -0.1) is 19.7 Å². The Bertz CT molecular complexity index is 586. The third-order valence-corrected chi connectivity index (χ3v) is 5.10.